The van der Waals surface area contributed by atoms with Gasteiger partial charge in [-0.25, -0.2) is 9.97 Å². The summed E-state index contributed by atoms with van der Waals surface area (Å²) in [6.45, 7) is 0. The molecule has 0 atom stereocenters. The molecule has 6 heteroatoms. The minimum absolute atomic E-state index is 0.0827. The third kappa shape index (κ3) is 2.99. The van der Waals surface area contributed by atoms with Crippen LogP contribution in [0.25, 0.3) is 22.3 Å². The number of carbonyl (C=O) groups excluding carboxylic acids is 1. The summed E-state index contributed by atoms with van der Waals surface area (Å²) < 4.78 is 0. The van der Waals surface area contributed by atoms with Gasteiger partial charge < -0.3 is 10.3 Å². The minimum Gasteiger partial charge on any atom is -0.346 e. The maximum absolute atomic E-state index is 12.1. The van der Waals surface area contributed by atoms with Crippen molar-refractivity contribution in [2.24, 2.45) is 5.92 Å². The summed E-state index contributed by atoms with van der Waals surface area (Å²) >= 11 is 1.47. The molecule has 3 aromatic heterocycles. The number of H-pyrrole nitrogens is 1. The Morgan fingerprint density at radius 1 is 1.35 bits per heavy atom. The van der Waals surface area contributed by atoms with Crippen LogP contribution in [0, 0.1) is 5.92 Å². The monoisotopic (exact) mass is 326 g/mol. The number of rotatable bonds is 4. The lowest BCUT2D eigenvalue weighted by Gasteiger charge is -2.07. The van der Waals surface area contributed by atoms with E-state index in [1.54, 1.807) is 6.20 Å². The second-order valence-corrected chi connectivity index (χ2v) is 6.90. The lowest BCUT2D eigenvalue weighted by molar-refractivity contribution is -0.117. The second-order valence-electron chi connectivity index (χ2n) is 6.04. The standard InChI is InChI=1S/C17H18N4OS/c22-15(9-11-3-1-2-4-11)21-17-20-14(10-23-17)12-5-7-18-16-13(12)6-8-19-16/h5-8,10-11H,1-4,9H2,(H,18,19)(H,20,21,22). The molecule has 1 aliphatic carbocycles. The zero-order chi connectivity index (χ0) is 15.6. The van der Waals surface area contributed by atoms with Gasteiger partial charge in [0.05, 0.1) is 5.69 Å². The van der Waals surface area contributed by atoms with E-state index in [0.717, 1.165) is 22.3 Å². The molecule has 1 saturated carbocycles. The molecule has 2 N–H and O–H groups in total. The zero-order valence-electron chi connectivity index (χ0n) is 12.7. The Kier molecular flexibility index (Phi) is 3.83. The molecule has 0 radical (unpaired) electrons. The van der Waals surface area contributed by atoms with Crippen LogP contribution in [0.3, 0.4) is 0 Å². The van der Waals surface area contributed by atoms with Crippen LogP contribution in [0.1, 0.15) is 32.1 Å². The Balaban J connectivity index is 1.50. The number of amides is 1. The molecule has 1 amide bonds. The number of carbonyl (C=O) groups is 1. The molecule has 0 spiro atoms. The molecule has 0 bridgehead atoms. The lowest BCUT2D eigenvalue weighted by atomic mass is 10.0. The highest BCUT2D eigenvalue weighted by Crippen LogP contribution is 2.31. The van der Waals surface area contributed by atoms with Gasteiger partial charge in [-0.05, 0) is 30.9 Å². The van der Waals surface area contributed by atoms with Crippen molar-refractivity contribution in [1.29, 1.82) is 0 Å². The first kappa shape index (κ1) is 14.4. The van der Waals surface area contributed by atoms with Crippen LogP contribution in [-0.4, -0.2) is 20.9 Å². The van der Waals surface area contributed by atoms with Gasteiger partial charge in [0, 0.05) is 35.1 Å². The highest BCUT2D eigenvalue weighted by Gasteiger charge is 2.19. The van der Waals surface area contributed by atoms with Gasteiger partial charge in [0.15, 0.2) is 5.13 Å². The Morgan fingerprint density at radius 3 is 3.09 bits per heavy atom. The molecule has 3 heterocycles. The van der Waals surface area contributed by atoms with Gasteiger partial charge in [-0.2, -0.15) is 0 Å². The largest absolute Gasteiger partial charge is 0.346 e. The fourth-order valence-electron chi connectivity index (χ4n) is 3.29. The summed E-state index contributed by atoms with van der Waals surface area (Å²) in [6, 6.07) is 3.95. The maximum Gasteiger partial charge on any atom is 0.226 e. The minimum atomic E-state index is 0.0827. The summed E-state index contributed by atoms with van der Waals surface area (Å²) in [5.41, 5.74) is 2.75. The smallest absolute Gasteiger partial charge is 0.226 e. The molecule has 0 aliphatic heterocycles. The Hall–Kier alpha value is -2.21. The summed E-state index contributed by atoms with van der Waals surface area (Å²) in [5.74, 6) is 0.633. The number of nitrogens with one attached hydrogen (secondary N) is 2. The predicted molar refractivity (Wildman–Crippen MR) is 92.4 cm³/mol. The first-order valence-electron chi connectivity index (χ1n) is 7.97. The second kappa shape index (κ2) is 6.12. The summed E-state index contributed by atoms with van der Waals surface area (Å²) in [6.07, 6.45) is 9.13. The number of aromatic amines is 1. The van der Waals surface area contributed by atoms with Crippen LogP contribution in [-0.2, 0) is 4.79 Å². The Bertz CT molecular complexity index is 832. The lowest BCUT2D eigenvalue weighted by Crippen LogP contribution is -2.14. The number of pyridine rings is 1. The van der Waals surface area contributed by atoms with Crippen LogP contribution in [0.4, 0.5) is 5.13 Å². The van der Waals surface area contributed by atoms with E-state index in [2.05, 4.69) is 20.3 Å². The van der Waals surface area contributed by atoms with E-state index < -0.39 is 0 Å². The van der Waals surface area contributed by atoms with E-state index in [9.17, 15) is 4.79 Å². The highest BCUT2D eigenvalue weighted by atomic mass is 32.1. The molecule has 5 nitrogen and oxygen atoms in total. The third-order valence-electron chi connectivity index (χ3n) is 4.44. The number of fused-ring (bicyclic) bond motifs is 1. The number of nitrogens with zero attached hydrogens (tertiary/aromatic N) is 2. The number of hydrogen-bond acceptors (Lipinski definition) is 4. The fraction of sp³-hybridized carbons (Fsp3) is 0.353. The van der Waals surface area contributed by atoms with Gasteiger partial charge in [0.2, 0.25) is 5.91 Å². The quantitative estimate of drug-likeness (QED) is 0.754. The molecule has 118 valence electrons. The van der Waals surface area contributed by atoms with Crippen molar-refractivity contribution in [3.63, 3.8) is 0 Å². The average molecular weight is 326 g/mol. The number of anilines is 1. The van der Waals surface area contributed by atoms with Crippen LogP contribution >= 0.6 is 11.3 Å². The molecule has 4 rings (SSSR count). The van der Waals surface area contributed by atoms with Gasteiger partial charge in [-0.15, -0.1) is 11.3 Å². The molecule has 3 aromatic rings. The number of aromatic nitrogens is 3. The molecule has 1 aliphatic rings. The molecule has 1 fully saturated rings. The number of thiazole rings is 1. The van der Waals surface area contributed by atoms with Crippen LogP contribution in [0.5, 0.6) is 0 Å². The maximum atomic E-state index is 12.1. The van der Waals surface area contributed by atoms with E-state index in [0.29, 0.717) is 17.5 Å². The molecular formula is C17H18N4OS. The van der Waals surface area contributed by atoms with E-state index in [1.807, 2.05) is 23.7 Å². The molecule has 23 heavy (non-hydrogen) atoms. The molecule has 0 unspecified atom stereocenters. The third-order valence-corrected chi connectivity index (χ3v) is 5.19. The van der Waals surface area contributed by atoms with Crippen molar-refractivity contribution < 1.29 is 4.79 Å². The molecule has 0 aromatic carbocycles. The van der Waals surface area contributed by atoms with Gasteiger partial charge in [0.1, 0.15) is 5.65 Å². The zero-order valence-corrected chi connectivity index (χ0v) is 13.5. The van der Waals surface area contributed by atoms with E-state index >= 15 is 0 Å². The van der Waals surface area contributed by atoms with Crippen LogP contribution < -0.4 is 5.32 Å². The van der Waals surface area contributed by atoms with Gasteiger partial charge in [0.25, 0.3) is 0 Å². The van der Waals surface area contributed by atoms with Crippen molar-refractivity contribution in [2.45, 2.75) is 32.1 Å². The van der Waals surface area contributed by atoms with Crippen molar-refractivity contribution >= 4 is 33.4 Å². The Morgan fingerprint density at radius 2 is 2.22 bits per heavy atom. The normalized spacial score (nSPS) is 15.3. The van der Waals surface area contributed by atoms with E-state index in [-0.39, 0.29) is 5.91 Å². The van der Waals surface area contributed by atoms with Gasteiger partial charge in [-0.3, -0.25) is 4.79 Å². The highest BCUT2D eigenvalue weighted by molar-refractivity contribution is 7.14. The molecular weight excluding hydrogens is 308 g/mol. The predicted octanol–water partition coefficient (Wildman–Crippen LogP) is 4.21. The van der Waals surface area contributed by atoms with Gasteiger partial charge >= 0.3 is 0 Å². The summed E-state index contributed by atoms with van der Waals surface area (Å²) in [4.78, 5) is 24.1. The van der Waals surface area contributed by atoms with E-state index in [1.165, 1.54) is 37.0 Å². The van der Waals surface area contributed by atoms with Crippen molar-refractivity contribution in [1.82, 2.24) is 15.0 Å². The van der Waals surface area contributed by atoms with Crippen LogP contribution in [0.2, 0.25) is 0 Å². The summed E-state index contributed by atoms with van der Waals surface area (Å²) in [7, 11) is 0. The van der Waals surface area contributed by atoms with Crippen molar-refractivity contribution in [3.8, 4) is 11.3 Å². The number of hydrogen-bond donors (Lipinski definition) is 2. The van der Waals surface area contributed by atoms with Crippen molar-refractivity contribution in [3.05, 3.63) is 29.9 Å². The fourth-order valence-corrected chi connectivity index (χ4v) is 4.01. The van der Waals surface area contributed by atoms with Gasteiger partial charge in [-0.1, -0.05) is 12.8 Å². The van der Waals surface area contributed by atoms with Crippen LogP contribution in [0.15, 0.2) is 29.9 Å². The van der Waals surface area contributed by atoms with E-state index in [4.69, 9.17) is 0 Å². The Labute approximate surface area is 138 Å². The first-order valence-corrected chi connectivity index (χ1v) is 8.85. The average Bonchev–Trinajstić information content (AvgIpc) is 3.27. The first-order chi connectivity index (χ1) is 11.3. The molecule has 0 saturated heterocycles. The SMILES string of the molecule is O=C(CC1CCCC1)Nc1nc(-c2ccnc3[nH]ccc23)cs1. The van der Waals surface area contributed by atoms with Crippen molar-refractivity contribution in [2.75, 3.05) is 5.32 Å². The topological polar surface area (TPSA) is 70.7 Å². The summed E-state index contributed by atoms with van der Waals surface area (Å²) in [5, 5.41) is 6.64.